The fraction of sp³-hybridized carbons (Fsp3) is 0.167. The average molecular weight is 294 g/mol. The molecule has 0 saturated heterocycles. The van der Waals surface area contributed by atoms with Crippen molar-refractivity contribution in [1.29, 1.82) is 0 Å². The fourth-order valence-corrected chi connectivity index (χ4v) is 1.90. The molecule has 0 aliphatic heterocycles. The topological polar surface area (TPSA) is 57.8 Å². The van der Waals surface area contributed by atoms with Gasteiger partial charge in [0.15, 0.2) is 0 Å². The number of aryl methyl sites for hydroxylation is 1. The summed E-state index contributed by atoms with van der Waals surface area (Å²) in [6, 6.07) is 9.35. The van der Waals surface area contributed by atoms with Crippen molar-refractivity contribution in [2.24, 2.45) is 0 Å². The van der Waals surface area contributed by atoms with Crippen LogP contribution in [0.1, 0.15) is 11.4 Å². The van der Waals surface area contributed by atoms with E-state index in [-0.39, 0.29) is 12.3 Å². The molecule has 0 fully saturated rings. The SMILES string of the molecule is Cc1cc(CC(=O)Nc2cccc(Br)c2)n[nH]1. The fourth-order valence-electron chi connectivity index (χ4n) is 1.50. The molecular weight excluding hydrogens is 282 g/mol. The van der Waals surface area contributed by atoms with E-state index in [4.69, 9.17) is 0 Å². The molecule has 1 amide bonds. The van der Waals surface area contributed by atoms with Crippen LogP contribution in [0.3, 0.4) is 0 Å². The van der Waals surface area contributed by atoms with Gasteiger partial charge >= 0.3 is 0 Å². The number of hydrogen-bond acceptors (Lipinski definition) is 2. The summed E-state index contributed by atoms with van der Waals surface area (Å²) in [6.07, 6.45) is 0.275. The van der Waals surface area contributed by atoms with Crippen LogP contribution in [-0.4, -0.2) is 16.1 Å². The number of hydrogen-bond donors (Lipinski definition) is 2. The molecule has 17 heavy (non-hydrogen) atoms. The lowest BCUT2D eigenvalue weighted by Crippen LogP contribution is -2.14. The van der Waals surface area contributed by atoms with E-state index in [0.717, 1.165) is 21.5 Å². The van der Waals surface area contributed by atoms with Crippen molar-refractivity contribution in [2.75, 3.05) is 5.32 Å². The first-order chi connectivity index (χ1) is 8.13. The summed E-state index contributed by atoms with van der Waals surface area (Å²) >= 11 is 3.35. The zero-order valence-electron chi connectivity index (χ0n) is 9.33. The van der Waals surface area contributed by atoms with Gasteiger partial charge in [-0.15, -0.1) is 0 Å². The van der Waals surface area contributed by atoms with Gasteiger partial charge in [0, 0.05) is 15.9 Å². The molecule has 88 valence electrons. The molecule has 0 spiro atoms. The number of nitrogens with zero attached hydrogens (tertiary/aromatic N) is 1. The number of amides is 1. The van der Waals surface area contributed by atoms with Crippen molar-refractivity contribution in [3.8, 4) is 0 Å². The Morgan fingerprint density at radius 1 is 1.47 bits per heavy atom. The highest BCUT2D eigenvalue weighted by atomic mass is 79.9. The third-order valence-corrected chi connectivity index (χ3v) is 2.70. The van der Waals surface area contributed by atoms with Gasteiger partial charge in [0.05, 0.1) is 12.1 Å². The summed E-state index contributed by atoms with van der Waals surface area (Å²) in [6.45, 7) is 1.91. The minimum Gasteiger partial charge on any atom is -0.326 e. The highest BCUT2D eigenvalue weighted by Gasteiger charge is 2.06. The smallest absolute Gasteiger partial charge is 0.230 e. The van der Waals surface area contributed by atoms with Gasteiger partial charge in [-0.25, -0.2) is 0 Å². The number of rotatable bonds is 3. The van der Waals surface area contributed by atoms with Crippen molar-refractivity contribution < 1.29 is 4.79 Å². The normalized spacial score (nSPS) is 10.2. The van der Waals surface area contributed by atoms with E-state index in [0.29, 0.717) is 0 Å². The molecule has 1 aromatic heterocycles. The second-order valence-corrected chi connectivity index (χ2v) is 4.69. The number of carbonyl (C=O) groups excluding carboxylic acids is 1. The van der Waals surface area contributed by atoms with Crippen LogP contribution in [0.4, 0.5) is 5.69 Å². The van der Waals surface area contributed by atoms with Crippen LogP contribution in [0.2, 0.25) is 0 Å². The molecule has 0 saturated carbocycles. The molecule has 0 atom stereocenters. The van der Waals surface area contributed by atoms with Crippen molar-refractivity contribution in [1.82, 2.24) is 10.2 Å². The highest BCUT2D eigenvalue weighted by Crippen LogP contribution is 2.15. The van der Waals surface area contributed by atoms with Gasteiger partial charge in [-0.2, -0.15) is 5.10 Å². The quantitative estimate of drug-likeness (QED) is 0.914. The predicted molar refractivity (Wildman–Crippen MR) is 69.8 cm³/mol. The van der Waals surface area contributed by atoms with Crippen LogP contribution in [-0.2, 0) is 11.2 Å². The number of anilines is 1. The molecule has 1 heterocycles. The molecule has 1 aromatic carbocycles. The van der Waals surface area contributed by atoms with Gasteiger partial charge < -0.3 is 5.32 Å². The Bertz CT molecular complexity index is 536. The van der Waals surface area contributed by atoms with Crippen LogP contribution < -0.4 is 5.32 Å². The Labute approximate surface area is 108 Å². The Hall–Kier alpha value is -1.62. The minimum atomic E-state index is -0.0744. The molecule has 0 bridgehead atoms. The van der Waals surface area contributed by atoms with Gasteiger partial charge in [-0.05, 0) is 31.2 Å². The Morgan fingerprint density at radius 3 is 2.94 bits per heavy atom. The monoisotopic (exact) mass is 293 g/mol. The number of halogens is 1. The zero-order valence-corrected chi connectivity index (χ0v) is 10.9. The number of aromatic nitrogens is 2. The van der Waals surface area contributed by atoms with E-state index in [9.17, 15) is 4.79 Å². The van der Waals surface area contributed by atoms with Crippen molar-refractivity contribution in [3.05, 3.63) is 46.2 Å². The molecule has 2 N–H and O–H groups in total. The first kappa shape index (κ1) is 11.9. The van der Waals surface area contributed by atoms with Gasteiger partial charge in [-0.3, -0.25) is 9.89 Å². The molecule has 4 nitrogen and oxygen atoms in total. The Morgan fingerprint density at radius 2 is 2.29 bits per heavy atom. The van der Waals surface area contributed by atoms with Crippen LogP contribution in [0.5, 0.6) is 0 Å². The molecule has 0 aliphatic rings. The Balaban J connectivity index is 1.98. The average Bonchev–Trinajstić information content (AvgIpc) is 2.63. The molecule has 0 unspecified atom stereocenters. The third kappa shape index (κ3) is 3.42. The summed E-state index contributed by atoms with van der Waals surface area (Å²) in [5, 5.41) is 9.65. The lowest BCUT2D eigenvalue weighted by molar-refractivity contribution is -0.115. The van der Waals surface area contributed by atoms with E-state index in [1.54, 1.807) is 0 Å². The van der Waals surface area contributed by atoms with Crippen LogP contribution in [0, 0.1) is 6.92 Å². The summed E-state index contributed by atoms with van der Waals surface area (Å²) < 4.78 is 0.936. The molecule has 2 aromatic rings. The molecule has 2 rings (SSSR count). The second-order valence-electron chi connectivity index (χ2n) is 3.78. The summed E-state index contributed by atoms with van der Waals surface area (Å²) in [4.78, 5) is 11.7. The lowest BCUT2D eigenvalue weighted by Gasteiger charge is -2.03. The van der Waals surface area contributed by atoms with E-state index in [1.807, 2.05) is 37.3 Å². The van der Waals surface area contributed by atoms with Crippen LogP contribution in [0.25, 0.3) is 0 Å². The highest BCUT2D eigenvalue weighted by molar-refractivity contribution is 9.10. The zero-order chi connectivity index (χ0) is 12.3. The van der Waals surface area contributed by atoms with E-state index in [2.05, 4.69) is 31.4 Å². The number of nitrogens with one attached hydrogen (secondary N) is 2. The number of aromatic amines is 1. The van der Waals surface area contributed by atoms with Gasteiger partial charge in [0.1, 0.15) is 0 Å². The van der Waals surface area contributed by atoms with Crippen molar-refractivity contribution >= 4 is 27.5 Å². The number of H-pyrrole nitrogens is 1. The molecule has 5 heteroatoms. The molecule has 0 radical (unpaired) electrons. The van der Waals surface area contributed by atoms with Crippen LogP contribution >= 0.6 is 15.9 Å². The standard InChI is InChI=1S/C12H12BrN3O/c1-8-5-11(16-15-8)7-12(17)14-10-4-2-3-9(13)6-10/h2-6H,7H2,1H3,(H,14,17)(H,15,16). The maximum atomic E-state index is 11.7. The maximum Gasteiger partial charge on any atom is 0.230 e. The maximum absolute atomic E-state index is 11.7. The number of carbonyl (C=O) groups is 1. The summed E-state index contributed by atoms with van der Waals surface area (Å²) in [5.41, 5.74) is 2.47. The van der Waals surface area contributed by atoms with Crippen LogP contribution in [0.15, 0.2) is 34.8 Å². The van der Waals surface area contributed by atoms with Gasteiger partial charge in [-0.1, -0.05) is 22.0 Å². The molecule has 0 aliphatic carbocycles. The Kier molecular flexibility index (Phi) is 3.58. The van der Waals surface area contributed by atoms with E-state index < -0.39 is 0 Å². The third-order valence-electron chi connectivity index (χ3n) is 2.21. The summed E-state index contributed by atoms with van der Waals surface area (Å²) in [7, 11) is 0. The summed E-state index contributed by atoms with van der Waals surface area (Å²) in [5.74, 6) is -0.0744. The van der Waals surface area contributed by atoms with E-state index >= 15 is 0 Å². The van der Waals surface area contributed by atoms with Crippen molar-refractivity contribution in [2.45, 2.75) is 13.3 Å². The van der Waals surface area contributed by atoms with Gasteiger partial charge in [0.25, 0.3) is 0 Å². The predicted octanol–water partition coefficient (Wildman–Crippen LogP) is 2.66. The first-order valence-corrected chi connectivity index (χ1v) is 5.99. The van der Waals surface area contributed by atoms with Gasteiger partial charge in [0.2, 0.25) is 5.91 Å². The number of benzene rings is 1. The first-order valence-electron chi connectivity index (χ1n) is 5.20. The minimum absolute atomic E-state index is 0.0744. The second kappa shape index (κ2) is 5.14. The van der Waals surface area contributed by atoms with E-state index in [1.165, 1.54) is 0 Å². The lowest BCUT2D eigenvalue weighted by atomic mass is 10.2. The largest absolute Gasteiger partial charge is 0.326 e. The van der Waals surface area contributed by atoms with Crippen molar-refractivity contribution in [3.63, 3.8) is 0 Å². The molecular formula is C12H12BrN3O.